The van der Waals surface area contributed by atoms with Gasteiger partial charge in [-0.2, -0.15) is 0 Å². The van der Waals surface area contributed by atoms with Crippen molar-refractivity contribution in [2.24, 2.45) is 28.8 Å². The zero-order valence-electron chi connectivity index (χ0n) is 33.2. The first-order valence-corrected chi connectivity index (χ1v) is 23.9. The number of halogens is 2. The molecule has 3 heterocycles. The van der Waals surface area contributed by atoms with E-state index in [0.29, 0.717) is 18.6 Å². The number of hydrogen-bond acceptors (Lipinski definition) is 9. The lowest BCUT2D eigenvalue weighted by molar-refractivity contribution is -0.0168. The van der Waals surface area contributed by atoms with E-state index in [4.69, 9.17) is 26.2 Å². The molecule has 0 bridgehead atoms. The molecule has 0 amide bonds. The molecule has 3 aliphatic heterocycles. The average Bonchev–Trinajstić information content (AvgIpc) is 3.33. The number of ether oxygens (including phenoxy) is 2. The molecule has 2 aromatic carbocycles. The number of nitrogens with zero attached hydrogens (tertiary/aromatic N) is 2. The van der Waals surface area contributed by atoms with Gasteiger partial charge in [-0.15, -0.1) is 13.2 Å². The Hall–Kier alpha value is -2.24. The topological polar surface area (TPSA) is 155 Å². The summed E-state index contributed by atoms with van der Waals surface area (Å²) in [7, 11) is -3.33. The van der Waals surface area contributed by atoms with Crippen molar-refractivity contribution in [2.75, 3.05) is 74.7 Å². The van der Waals surface area contributed by atoms with Crippen LogP contribution in [-0.2, 0) is 26.6 Å². The summed E-state index contributed by atoms with van der Waals surface area (Å²) >= 11 is 8.46. The van der Waals surface area contributed by atoms with Gasteiger partial charge < -0.3 is 29.9 Å². The Labute approximate surface area is 353 Å². The molecule has 56 heavy (non-hydrogen) atoms. The molecule has 0 radical (unpaired) electrons. The maximum Gasteiger partial charge on any atom is 0.335 e. The number of allylic oxidation sites excluding steroid dienone is 1. The standard InChI is InChI=1S/C27H30ClNO4.C7H14N2O.C7H15NO2S.CH3I/c1-2-24(30)21-8-5-19(21)14-29-15-27(11-3-4-17-12-20(28)7-9-22(17)27)16-33-25-10-6-18(26(31)32)13-23(25)29;1-2-9-3-4-10-6-7(9)5-8-1;1-4-6(2)7(3)5-11(8,9)10;1-2/h2,6-7,9-10,12-13,19,21,24,30H,1,3-5,8,11,14-16H2,(H,31,32);7-8H,1-6H2;4,6-7H,1,5H2,2-3H3,(H2,8,9,10);1H3/t19-,21+,24-,27-;7-;6-,7+;/m000./s1. The predicted molar refractivity (Wildman–Crippen MR) is 235 cm³/mol. The number of nitrogens with one attached hydrogen (secondary N) is 1. The minimum Gasteiger partial charge on any atom is -0.490 e. The van der Waals surface area contributed by atoms with Crippen LogP contribution in [0.25, 0.3) is 0 Å². The van der Waals surface area contributed by atoms with Crippen LogP contribution in [-0.4, -0.2) is 111 Å². The number of anilines is 1. The zero-order chi connectivity index (χ0) is 41.0. The number of piperazine rings is 1. The molecule has 0 unspecified atom stereocenters. The van der Waals surface area contributed by atoms with Crippen LogP contribution in [0.3, 0.4) is 0 Å². The molecular weight excluding hydrogens is 867 g/mol. The van der Waals surface area contributed by atoms with Crippen molar-refractivity contribution in [3.63, 3.8) is 0 Å². The number of aromatic carboxylic acids is 1. The predicted octanol–water partition coefficient (Wildman–Crippen LogP) is 6.16. The third-order valence-electron chi connectivity index (χ3n) is 12.0. The number of benzene rings is 2. The number of alkyl halides is 1. The summed E-state index contributed by atoms with van der Waals surface area (Å²) in [6, 6.07) is 12.0. The maximum atomic E-state index is 11.7. The van der Waals surface area contributed by atoms with Crippen LogP contribution < -0.4 is 20.1 Å². The molecule has 5 N–H and O–H groups in total. The van der Waals surface area contributed by atoms with E-state index >= 15 is 0 Å². The molecule has 7 atom stereocenters. The Kier molecular flexibility index (Phi) is 18.0. The number of carboxylic acids is 1. The molecule has 0 aromatic heterocycles. The van der Waals surface area contributed by atoms with Gasteiger partial charge in [0.2, 0.25) is 10.0 Å². The van der Waals surface area contributed by atoms with Gasteiger partial charge in [0, 0.05) is 55.7 Å². The second-order valence-corrected chi connectivity index (χ2v) is 17.8. The van der Waals surface area contributed by atoms with Crippen molar-refractivity contribution in [3.05, 3.63) is 83.4 Å². The SMILES string of the molecule is C1CN2CCOC[C@@H]2CN1.C=C[C@H](C)[C@H](C)CS(N)(=O)=O.C=C[C@H](O)[C@@H]1CC[C@H]1CN1C[C@@]2(CCCc3cc(Cl)ccc32)COc2ccc(C(=O)O)cc21.CI. The molecule has 5 aliphatic rings. The number of morpholine rings is 1. The van der Waals surface area contributed by atoms with Gasteiger partial charge in [0.1, 0.15) is 5.75 Å². The lowest BCUT2D eigenvalue weighted by atomic mass is 9.68. The number of fused-ring (bicyclic) bond motifs is 4. The molecule has 312 valence electrons. The summed E-state index contributed by atoms with van der Waals surface area (Å²) in [4.78, 5) is 18.5. The first-order chi connectivity index (χ1) is 26.7. The molecular formula is C42H62ClIN4O7S. The highest BCUT2D eigenvalue weighted by atomic mass is 127. The normalized spacial score (nSPS) is 25.7. The van der Waals surface area contributed by atoms with Crippen LogP contribution in [0.15, 0.2) is 61.7 Å². The fourth-order valence-electron chi connectivity index (χ4n) is 8.39. The van der Waals surface area contributed by atoms with Crippen molar-refractivity contribution in [3.8, 4) is 5.75 Å². The number of rotatable bonds is 9. The second kappa shape index (κ2) is 21.7. The largest absolute Gasteiger partial charge is 0.490 e. The average molecular weight is 929 g/mol. The molecule has 2 aromatic rings. The van der Waals surface area contributed by atoms with E-state index in [0.717, 1.165) is 94.5 Å². The maximum absolute atomic E-state index is 11.7. The molecule has 3 fully saturated rings. The number of aliphatic hydroxyl groups is 1. The number of hydrogen-bond donors (Lipinski definition) is 4. The van der Waals surface area contributed by atoms with Gasteiger partial charge >= 0.3 is 5.97 Å². The number of sulfonamides is 1. The highest BCUT2D eigenvalue weighted by Crippen LogP contribution is 2.46. The van der Waals surface area contributed by atoms with Gasteiger partial charge in [0.25, 0.3) is 0 Å². The lowest BCUT2D eigenvalue weighted by Gasteiger charge is -2.45. The van der Waals surface area contributed by atoms with Gasteiger partial charge in [0.05, 0.1) is 42.9 Å². The number of carboxylic acid groups (broad SMARTS) is 1. The molecule has 1 spiro atoms. The van der Waals surface area contributed by atoms with Crippen molar-refractivity contribution in [1.29, 1.82) is 0 Å². The molecule has 1 saturated carbocycles. The minimum atomic E-state index is -3.33. The van der Waals surface area contributed by atoms with Crippen LogP contribution in [0, 0.1) is 23.7 Å². The first kappa shape index (κ1) is 46.4. The number of aryl methyl sites for hydroxylation is 1. The Bertz CT molecular complexity index is 1710. The molecule has 11 nitrogen and oxygen atoms in total. The highest BCUT2D eigenvalue weighted by molar-refractivity contribution is 14.1. The quantitative estimate of drug-likeness (QED) is 0.131. The summed E-state index contributed by atoms with van der Waals surface area (Å²) in [5, 5.41) is 29.0. The van der Waals surface area contributed by atoms with Crippen molar-refractivity contribution < 1.29 is 32.9 Å². The van der Waals surface area contributed by atoms with Crippen molar-refractivity contribution in [2.45, 2.75) is 63.5 Å². The summed E-state index contributed by atoms with van der Waals surface area (Å²) in [6.07, 6.45) is 7.94. The highest BCUT2D eigenvalue weighted by Gasteiger charge is 2.44. The fourth-order valence-corrected chi connectivity index (χ4v) is 9.62. The van der Waals surface area contributed by atoms with Gasteiger partial charge in [-0.25, -0.2) is 18.4 Å². The summed E-state index contributed by atoms with van der Waals surface area (Å²) < 4.78 is 33.0. The van der Waals surface area contributed by atoms with E-state index in [9.17, 15) is 23.4 Å². The molecule has 2 saturated heterocycles. The summed E-state index contributed by atoms with van der Waals surface area (Å²) in [6.45, 7) is 19.6. The Morgan fingerprint density at radius 2 is 1.93 bits per heavy atom. The van der Waals surface area contributed by atoms with Crippen molar-refractivity contribution in [1.82, 2.24) is 10.2 Å². The molecule has 2 aliphatic carbocycles. The van der Waals surface area contributed by atoms with Gasteiger partial charge in [-0.05, 0) is 102 Å². The monoisotopic (exact) mass is 928 g/mol. The third-order valence-corrected chi connectivity index (χ3v) is 13.2. The number of primary sulfonamides is 1. The molecule has 7 rings (SSSR count). The van der Waals surface area contributed by atoms with Crippen LogP contribution in [0.2, 0.25) is 5.02 Å². The Balaban J connectivity index is 0.000000246. The number of nitrogens with two attached hydrogens (primary N) is 1. The van der Waals surface area contributed by atoms with Crippen LogP contribution in [0.4, 0.5) is 5.69 Å². The summed E-state index contributed by atoms with van der Waals surface area (Å²) in [5.41, 5.74) is 3.44. The zero-order valence-corrected chi connectivity index (χ0v) is 36.9. The van der Waals surface area contributed by atoms with E-state index in [-0.39, 0.29) is 34.5 Å². The van der Waals surface area contributed by atoms with Crippen LogP contribution in [0.1, 0.15) is 61.0 Å². The van der Waals surface area contributed by atoms with E-state index in [1.54, 1.807) is 30.4 Å². The number of carbonyl (C=O) groups is 1. The van der Waals surface area contributed by atoms with Gasteiger partial charge in [-0.3, -0.25) is 4.90 Å². The van der Waals surface area contributed by atoms with Gasteiger partial charge in [-0.1, -0.05) is 66.3 Å². The Morgan fingerprint density at radius 3 is 2.57 bits per heavy atom. The Morgan fingerprint density at radius 1 is 1.16 bits per heavy atom. The van der Waals surface area contributed by atoms with E-state index in [1.807, 2.05) is 24.8 Å². The smallest absolute Gasteiger partial charge is 0.335 e. The van der Waals surface area contributed by atoms with E-state index in [1.165, 1.54) is 17.7 Å². The summed E-state index contributed by atoms with van der Waals surface area (Å²) in [5.74, 6) is 0.543. The van der Waals surface area contributed by atoms with Crippen LogP contribution in [0.5, 0.6) is 5.75 Å². The van der Waals surface area contributed by atoms with Crippen molar-refractivity contribution >= 4 is 55.9 Å². The number of aliphatic hydroxyl groups excluding tert-OH is 1. The van der Waals surface area contributed by atoms with Gasteiger partial charge in [0.15, 0.2) is 0 Å². The second-order valence-electron chi connectivity index (χ2n) is 15.7. The van der Waals surface area contributed by atoms with E-state index < -0.39 is 22.1 Å². The molecule has 14 heteroatoms. The lowest BCUT2D eigenvalue weighted by Crippen LogP contribution is -2.56. The van der Waals surface area contributed by atoms with E-state index in [2.05, 4.69) is 63.0 Å². The fraction of sp³-hybridized carbons (Fsp3) is 0.595. The van der Waals surface area contributed by atoms with Crippen LogP contribution >= 0.6 is 34.2 Å². The third kappa shape index (κ3) is 12.4. The minimum absolute atomic E-state index is 0.0280. The first-order valence-electron chi connectivity index (χ1n) is 19.6.